The van der Waals surface area contributed by atoms with Gasteiger partial charge in [0, 0.05) is 11.1 Å². The summed E-state index contributed by atoms with van der Waals surface area (Å²) in [6.07, 6.45) is 0. The minimum atomic E-state index is -0.256. The van der Waals surface area contributed by atoms with Crippen molar-refractivity contribution in [2.75, 3.05) is 5.75 Å². The van der Waals surface area contributed by atoms with Gasteiger partial charge in [0.05, 0.1) is 17.0 Å². The molecule has 3 rings (SSSR count). The Labute approximate surface area is 168 Å². The third-order valence-corrected chi connectivity index (χ3v) is 4.71. The number of hydrogen-bond donors (Lipinski definition) is 1. The van der Waals surface area contributed by atoms with Crippen molar-refractivity contribution in [1.82, 2.24) is 25.6 Å². The normalized spacial score (nSPS) is 11.1. The summed E-state index contributed by atoms with van der Waals surface area (Å²) in [5.41, 5.74) is 4.96. The summed E-state index contributed by atoms with van der Waals surface area (Å²) in [5, 5.41) is 16.7. The van der Waals surface area contributed by atoms with Crippen LogP contribution < -0.4 is 5.43 Å². The van der Waals surface area contributed by atoms with Gasteiger partial charge in [-0.15, -0.1) is 5.10 Å². The molecule has 7 nitrogen and oxygen atoms in total. The summed E-state index contributed by atoms with van der Waals surface area (Å²) < 4.78 is 1.70. The van der Waals surface area contributed by atoms with E-state index in [9.17, 15) is 4.79 Å². The molecule has 0 spiro atoms. The van der Waals surface area contributed by atoms with Crippen LogP contribution in [-0.4, -0.2) is 37.6 Å². The first kappa shape index (κ1) is 19.8. The van der Waals surface area contributed by atoms with Crippen LogP contribution in [0.5, 0.6) is 0 Å². The number of tetrazole rings is 1. The monoisotopic (exact) mass is 394 g/mol. The summed E-state index contributed by atoms with van der Waals surface area (Å²) in [6, 6.07) is 19.5. The Kier molecular flexibility index (Phi) is 6.20. The Balaban J connectivity index is 1.71. The van der Waals surface area contributed by atoms with Gasteiger partial charge in [0.15, 0.2) is 0 Å². The Bertz CT molecular complexity index is 906. The highest BCUT2D eigenvalue weighted by molar-refractivity contribution is 7.99. The standard InChI is InChI=1S/C20H22N6OS/c1-20(2,3)26-19(23-24-25-26)28-14-17(27)21-22-18(15-10-6-4-7-11-15)16-12-8-5-9-13-16/h4-13H,14H2,1-3H3,(H,21,27). The predicted molar refractivity (Wildman–Crippen MR) is 110 cm³/mol. The lowest BCUT2D eigenvalue weighted by atomic mass is 10.0. The highest BCUT2D eigenvalue weighted by Gasteiger charge is 2.20. The molecule has 0 aliphatic heterocycles. The van der Waals surface area contributed by atoms with E-state index in [0.717, 1.165) is 11.1 Å². The topological polar surface area (TPSA) is 85.1 Å². The summed E-state index contributed by atoms with van der Waals surface area (Å²) in [7, 11) is 0. The van der Waals surface area contributed by atoms with Gasteiger partial charge < -0.3 is 0 Å². The maximum absolute atomic E-state index is 12.3. The highest BCUT2D eigenvalue weighted by Crippen LogP contribution is 2.21. The second-order valence-corrected chi connectivity index (χ2v) is 8.00. The van der Waals surface area contributed by atoms with Crippen LogP contribution in [0.1, 0.15) is 31.9 Å². The van der Waals surface area contributed by atoms with Crippen LogP contribution in [0.25, 0.3) is 0 Å². The number of hydrogen-bond acceptors (Lipinski definition) is 6. The molecule has 1 heterocycles. The molecule has 1 aromatic heterocycles. The molecule has 0 atom stereocenters. The van der Waals surface area contributed by atoms with Crippen LogP contribution in [-0.2, 0) is 10.3 Å². The number of aromatic nitrogens is 4. The Hall–Kier alpha value is -3.00. The zero-order valence-corrected chi connectivity index (χ0v) is 16.8. The maximum atomic E-state index is 12.3. The van der Waals surface area contributed by atoms with Gasteiger partial charge in [-0.05, 0) is 31.2 Å². The van der Waals surface area contributed by atoms with Crippen molar-refractivity contribution >= 4 is 23.4 Å². The van der Waals surface area contributed by atoms with Crippen LogP contribution in [0.3, 0.4) is 0 Å². The molecule has 0 bridgehead atoms. The van der Waals surface area contributed by atoms with E-state index >= 15 is 0 Å². The Morgan fingerprint density at radius 1 is 1.04 bits per heavy atom. The molecule has 3 aromatic rings. The van der Waals surface area contributed by atoms with E-state index in [2.05, 4.69) is 26.1 Å². The van der Waals surface area contributed by atoms with E-state index in [0.29, 0.717) is 10.9 Å². The summed E-state index contributed by atoms with van der Waals surface area (Å²) in [4.78, 5) is 12.3. The van der Waals surface area contributed by atoms with E-state index in [4.69, 9.17) is 0 Å². The summed E-state index contributed by atoms with van der Waals surface area (Å²) in [5.74, 6) is -0.0607. The first-order valence-electron chi connectivity index (χ1n) is 8.84. The minimum absolute atomic E-state index is 0.164. The van der Waals surface area contributed by atoms with Gasteiger partial charge in [-0.25, -0.2) is 10.1 Å². The van der Waals surface area contributed by atoms with E-state index < -0.39 is 0 Å². The van der Waals surface area contributed by atoms with Crippen LogP contribution in [0, 0.1) is 0 Å². The van der Waals surface area contributed by atoms with E-state index in [1.54, 1.807) is 4.68 Å². The van der Waals surface area contributed by atoms with Crippen molar-refractivity contribution in [2.45, 2.75) is 31.5 Å². The fourth-order valence-electron chi connectivity index (χ4n) is 2.46. The lowest BCUT2D eigenvalue weighted by Gasteiger charge is -2.19. The molecule has 1 N–H and O–H groups in total. The molecule has 0 radical (unpaired) electrons. The highest BCUT2D eigenvalue weighted by atomic mass is 32.2. The number of nitrogens with zero attached hydrogens (tertiary/aromatic N) is 5. The fourth-order valence-corrected chi connectivity index (χ4v) is 3.31. The lowest BCUT2D eigenvalue weighted by molar-refractivity contribution is -0.118. The van der Waals surface area contributed by atoms with Crippen molar-refractivity contribution in [2.24, 2.45) is 5.10 Å². The largest absolute Gasteiger partial charge is 0.272 e. The maximum Gasteiger partial charge on any atom is 0.250 e. The molecule has 8 heteroatoms. The van der Waals surface area contributed by atoms with Crippen molar-refractivity contribution in [3.63, 3.8) is 0 Å². The summed E-state index contributed by atoms with van der Waals surface area (Å²) >= 11 is 1.28. The quantitative estimate of drug-likeness (QED) is 0.394. The number of rotatable bonds is 6. The molecule has 1 amide bonds. The predicted octanol–water partition coefficient (Wildman–Crippen LogP) is 3.09. The van der Waals surface area contributed by atoms with E-state index in [-0.39, 0.29) is 17.2 Å². The molecule has 0 aliphatic carbocycles. The molecule has 144 valence electrons. The van der Waals surface area contributed by atoms with Crippen LogP contribution in [0.2, 0.25) is 0 Å². The van der Waals surface area contributed by atoms with Gasteiger partial charge in [-0.3, -0.25) is 4.79 Å². The first-order chi connectivity index (χ1) is 13.4. The third-order valence-electron chi connectivity index (χ3n) is 3.80. The van der Waals surface area contributed by atoms with Gasteiger partial charge in [-0.1, -0.05) is 72.4 Å². The second-order valence-electron chi connectivity index (χ2n) is 7.06. The number of benzene rings is 2. The van der Waals surface area contributed by atoms with Crippen LogP contribution >= 0.6 is 11.8 Å². The van der Waals surface area contributed by atoms with Crippen LogP contribution in [0.15, 0.2) is 70.9 Å². The fraction of sp³-hybridized carbons (Fsp3) is 0.250. The molecular formula is C20H22N6OS. The number of nitrogens with one attached hydrogen (secondary N) is 1. The zero-order valence-electron chi connectivity index (χ0n) is 16.0. The molecule has 28 heavy (non-hydrogen) atoms. The van der Waals surface area contributed by atoms with E-state index in [1.165, 1.54) is 11.8 Å². The van der Waals surface area contributed by atoms with Gasteiger partial charge in [0.1, 0.15) is 0 Å². The molecule has 0 fully saturated rings. The minimum Gasteiger partial charge on any atom is -0.272 e. The molecule has 0 saturated heterocycles. The van der Waals surface area contributed by atoms with Gasteiger partial charge in [0.25, 0.3) is 5.91 Å². The molecular weight excluding hydrogens is 372 g/mol. The molecule has 0 aliphatic rings. The van der Waals surface area contributed by atoms with Crippen molar-refractivity contribution < 1.29 is 4.79 Å². The van der Waals surface area contributed by atoms with Crippen molar-refractivity contribution in [3.8, 4) is 0 Å². The smallest absolute Gasteiger partial charge is 0.250 e. The lowest BCUT2D eigenvalue weighted by Crippen LogP contribution is -2.25. The van der Waals surface area contributed by atoms with Crippen molar-refractivity contribution in [3.05, 3.63) is 71.8 Å². The van der Waals surface area contributed by atoms with E-state index in [1.807, 2.05) is 81.4 Å². The third kappa shape index (κ3) is 5.04. The molecule has 0 unspecified atom stereocenters. The first-order valence-corrected chi connectivity index (χ1v) is 9.83. The number of thioether (sulfide) groups is 1. The van der Waals surface area contributed by atoms with Crippen LogP contribution in [0.4, 0.5) is 0 Å². The number of amides is 1. The number of hydrazone groups is 1. The number of carbonyl (C=O) groups is 1. The Morgan fingerprint density at radius 3 is 2.14 bits per heavy atom. The SMILES string of the molecule is CC(C)(C)n1nnnc1SCC(=O)NN=C(c1ccccc1)c1ccccc1. The Morgan fingerprint density at radius 2 is 1.61 bits per heavy atom. The molecule has 0 saturated carbocycles. The zero-order chi connectivity index (χ0) is 20.0. The van der Waals surface area contributed by atoms with Gasteiger partial charge in [0.2, 0.25) is 5.16 Å². The van der Waals surface area contributed by atoms with Gasteiger partial charge in [-0.2, -0.15) is 5.10 Å². The summed E-state index contributed by atoms with van der Waals surface area (Å²) in [6.45, 7) is 6.01. The molecule has 2 aromatic carbocycles. The number of carbonyl (C=O) groups excluding carboxylic acids is 1. The van der Waals surface area contributed by atoms with Crippen molar-refractivity contribution in [1.29, 1.82) is 0 Å². The average molecular weight is 395 g/mol. The second kappa shape index (κ2) is 8.79. The average Bonchev–Trinajstić information content (AvgIpc) is 3.17. The van der Waals surface area contributed by atoms with Gasteiger partial charge >= 0.3 is 0 Å².